The smallest absolute Gasteiger partial charge is 0.259 e. The number of nitrogens with zero attached hydrogens (tertiary/aromatic N) is 5. The number of amides is 1. The first-order chi connectivity index (χ1) is 14.0. The van der Waals surface area contributed by atoms with E-state index in [0.29, 0.717) is 30.3 Å². The number of carbonyl (C=O) groups excluding carboxylic acids is 1. The minimum Gasteiger partial charge on any atom is -0.336 e. The van der Waals surface area contributed by atoms with Crippen LogP contribution in [0.4, 0.5) is 0 Å². The number of aromatic nitrogens is 4. The van der Waals surface area contributed by atoms with E-state index in [1.807, 2.05) is 28.8 Å². The Hall–Kier alpha value is -2.74. The largest absolute Gasteiger partial charge is 0.336 e. The second-order valence-electron chi connectivity index (χ2n) is 8.39. The number of pyridine rings is 1. The summed E-state index contributed by atoms with van der Waals surface area (Å²) in [6.45, 7) is 6.18. The molecule has 1 aliphatic carbocycles. The molecular formula is C21H26N6O2. The molecule has 3 aromatic rings. The van der Waals surface area contributed by atoms with Crippen molar-refractivity contribution in [2.45, 2.75) is 44.6 Å². The van der Waals surface area contributed by atoms with Gasteiger partial charge in [-0.25, -0.2) is 9.97 Å². The second-order valence-corrected chi connectivity index (χ2v) is 8.39. The fourth-order valence-corrected chi connectivity index (χ4v) is 4.17. The molecule has 5 rings (SSSR count). The van der Waals surface area contributed by atoms with E-state index in [1.54, 1.807) is 6.20 Å². The predicted octanol–water partition coefficient (Wildman–Crippen LogP) is 2.74. The van der Waals surface area contributed by atoms with Gasteiger partial charge >= 0.3 is 0 Å². The first kappa shape index (κ1) is 18.3. The molecule has 0 radical (unpaired) electrons. The number of piperazine rings is 1. The molecule has 1 saturated carbocycles. The standard InChI is InChI=1S/C21H26N6O2/c1-12(2)18-17-14(10-15(13-4-5-13)24-20(17)29-25-18)21(28)27-9-6-22-11-16(27)19-23-7-8-26(19)3/h7-8,10,12-13,16,22H,4-6,9,11H2,1-3H3. The van der Waals surface area contributed by atoms with Gasteiger partial charge in [-0.2, -0.15) is 0 Å². The maximum atomic E-state index is 13.9. The van der Waals surface area contributed by atoms with E-state index in [9.17, 15) is 4.79 Å². The lowest BCUT2D eigenvalue weighted by atomic mass is 10.00. The summed E-state index contributed by atoms with van der Waals surface area (Å²) in [6.07, 6.45) is 5.92. The molecule has 8 heteroatoms. The molecule has 2 fully saturated rings. The molecule has 1 unspecified atom stereocenters. The molecule has 4 heterocycles. The summed E-state index contributed by atoms with van der Waals surface area (Å²) >= 11 is 0. The number of fused-ring (bicyclic) bond motifs is 1. The Morgan fingerprint density at radius 2 is 2.17 bits per heavy atom. The Bertz CT molecular complexity index is 1060. The van der Waals surface area contributed by atoms with Gasteiger partial charge in [-0.05, 0) is 24.8 Å². The van der Waals surface area contributed by atoms with Gasteiger partial charge in [-0.15, -0.1) is 0 Å². The third-order valence-corrected chi connectivity index (χ3v) is 5.93. The molecule has 29 heavy (non-hydrogen) atoms. The normalized spacial score (nSPS) is 20.0. The maximum Gasteiger partial charge on any atom is 0.259 e. The van der Waals surface area contributed by atoms with Crippen molar-refractivity contribution >= 4 is 17.0 Å². The highest BCUT2D eigenvalue weighted by Gasteiger charge is 2.35. The zero-order chi connectivity index (χ0) is 20.1. The predicted molar refractivity (Wildman–Crippen MR) is 108 cm³/mol. The Labute approximate surface area is 169 Å². The number of nitrogens with one attached hydrogen (secondary N) is 1. The second kappa shape index (κ2) is 6.95. The monoisotopic (exact) mass is 394 g/mol. The van der Waals surface area contributed by atoms with Gasteiger partial charge in [0, 0.05) is 50.7 Å². The zero-order valence-corrected chi connectivity index (χ0v) is 17.1. The highest BCUT2D eigenvalue weighted by molar-refractivity contribution is 6.06. The molecule has 152 valence electrons. The van der Waals surface area contributed by atoms with Crippen LogP contribution in [0, 0.1) is 0 Å². The minimum absolute atomic E-state index is 0.00102. The summed E-state index contributed by atoms with van der Waals surface area (Å²) in [6, 6.07) is 1.86. The van der Waals surface area contributed by atoms with Crippen LogP contribution in [-0.4, -0.2) is 50.1 Å². The first-order valence-electron chi connectivity index (χ1n) is 10.3. The van der Waals surface area contributed by atoms with E-state index in [0.717, 1.165) is 42.0 Å². The molecule has 1 aliphatic heterocycles. The Morgan fingerprint density at radius 1 is 1.34 bits per heavy atom. The molecule has 0 bridgehead atoms. The molecule has 0 aromatic carbocycles. The molecular weight excluding hydrogens is 368 g/mol. The fraction of sp³-hybridized carbons (Fsp3) is 0.524. The van der Waals surface area contributed by atoms with E-state index < -0.39 is 0 Å². The number of carbonyl (C=O) groups is 1. The Kier molecular flexibility index (Phi) is 4.38. The number of hydrogen-bond acceptors (Lipinski definition) is 6. The van der Waals surface area contributed by atoms with Crippen molar-refractivity contribution < 1.29 is 9.32 Å². The van der Waals surface area contributed by atoms with Gasteiger partial charge in [-0.1, -0.05) is 19.0 Å². The van der Waals surface area contributed by atoms with Crippen molar-refractivity contribution in [3.63, 3.8) is 0 Å². The van der Waals surface area contributed by atoms with Crippen LogP contribution in [0.3, 0.4) is 0 Å². The summed E-state index contributed by atoms with van der Waals surface area (Å²) in [7, 11) is 1.96. The summed E-state index contributed by atoms with van der Waals surface area (Å²) in [5, 5.41) is 8.40. The van der Waals surface area contributed by atoms with E-state index in [2.05, 4.69) is 34.3 Å². The lowest BCUT2D eigenvalue weighted by Gasteiger charge is -2.36. The van der Waals surface area contributed by atoms with Crippen LogP contribution in [0.2, 0.25) is 0 Å². The lowest BCUT2D eigenvalue weighted by Crippen LogP contribution is -2.49. The quantitative estimate of drug-likeness (QED) is 0.732. The van der Waals surface area contributed by atoms with E-state index in [-0.39, 0.29) is 17.9 Å². The summed E-state index contributed by atoms with van der Waals surface area (Å²) in [5.74, 6) is 1.45. The van der Waals surface area contributed by atoms with Gasteiger partial charge in [-0.3, -0.25) is 4.79 Å². The van der Waals surface area contributed by atoms with E-state index in [1.165, 1.54) is 0 Å². The topological polar surface area (TPSA) is 89.1 Å². The van der Waals surface area contributed by atoms with Crippen LogP contribution in [0.15, 0.2) is 23.0 Å². The fourth-order valence-electron chi connectivity index (χ4n) is 4.17. The summed E-state index contributed by atoms with van der Waals surface area (Å²) < 4.78 is 7.55. The molecule has 1 saturated heterocycles. The van der Waals surface area contributed by atoms with Crippen LogP contribution in [-0.2, 0) is 7.05 Å². The molecule has 2 aliphatic rings. The zero-order valence-electron chi connectivity index (χ0n) is 17.1. The van der Waals surface area contributed by atoms with Crippen LogP contribution >= 0.6 is 0 Å². The van der Waals surface area contributed by atoms with Crippen molar-refractivity contribution in [2.24, 2.45) is 7.05 Å². The van der Waals surface area contributed by atoms with Crippen LogP contribution in [0.25, 0.3) is 11.1 Å². The summed E-state index contributed by atoms with van der Waals surface area (Å²) in [5.41, 5.74) is 2.87. The lowest BCUT2D eigenvalue weighted by molar-refractivity contribution is 0.0622. The number of hydrogen-bond donors (Lipinski definition) is 1. The molecule has 3 aromatic heterocycles. The number of aryl methyl sites for hydroxylation is 1. The van der Waals surface area contributed by atoms with Gasteiger partial charge in [0.15, 0.2) is 0 Å². The van der Waals surface area contributed by atoms with Crippen LogP contribution < -0.4 is 5.32 Å². The Morgan fingerprint density at radius 3 is 2.86 bits per heavy atom. The van der Waals surface area contributed by atoms with Crippen LogP contribution in [0.1, 0.15) is 72.1 Å². The van der Waals surface area contributed by atoms with E-state index >= 15 is 0 Å². The van der Waals surface area contributed by atoms with Crippen molar-refractivity contribution in [1.82, 2.24) is 29.9 Å². The van der Waals surface area contributed by atoms with Gasteiger partial charge in [0.1, 0.15) is 11.9 Å². The minimum atomic E-state index is -0.119. The number of rotatable bonds is 4. The molecule has 1 amide bonds. The average Bonchev–Trinajstić information content (AvgIpc) is 3.34. The summed E-state index contributed by atoms with van der Waals surface area (Å²) in [4.78, 5) is 25.0. The van der Waals surface area contributed by atoms with Crippen molar-refractivity contribution in [2.75, 3.05) is 19.6 Å². The highest BCUT2D eigenvalue weighted by atomic mass is 16.5. The van der Waals surface area contributed by atoms with Gasteiger partial charge in [0.25, 0.3) is 11.6 Å². The maximum absolute atomic E-state index is 13.9. The van der Waals surface area contributed by atoms with E-state index in [4.69, 9.17) is 4.52 Å². The average molecular weight is 394 g/mol. The van der Waals surface area contributed by atoms with Crippen molar-refractivity contribution in [1.29, 1.82) is 0 Å². The Balaban J connectivity index is 1.62. The third kappa shape index (κ3) is 3.11. The first-order valence-corrected chi connectivity index (χ1v) is 10.3. The van der Waals surface area contributed by atoms with Crippen molar-refractivity contribution in [3.8, 4) is 0 Å². The van der Waals surface area contributed by atoms with Gasteiger partial charge < -0.3 is 19.3 Å². The molecule has 1 N–H and O–H groups in total. The van der Waals surface area contributed by atoms with Gasteiger partial charge in [0.05, 0.1) is 16.6 Å². The highest BCUT2D eigenvalue weighted by Crippen LogP contribution is 2.41. The van der Waals surface area contributed by atoms with Crippen molar-refractivity contribution in [3.05, 3.63) is 41.2 Å². The molecule has 0 spiro atoms. The van der Waals surface area contributed by atoms with Crippen LogP contribution in [0.5, 0.6) is 0 Å². The SMILES string of the molecule is CC(C)c1noc2nc(C3CC3)cc(C(=O)N3CCNCC3c3nccn3C)c12. The third-order valence-electron chi connectivity index (χ3n) is 5.93. The molecule has 1 atom stereocenters. The molecule has 8 nitrogen and oxygen atoms in total. The van der Waals surface area contributed by atoms with Gasteiger partial charge in [0.2, 0.25) is 0 Å². The number of imidazole rings is 1.